The third kappa shape index (κ3) is 7.49. The summed E-state index contributed by atoms with van der Waals surface area (Å²) in [7, 11) is -3.13. The summed E-state index contributed by atoms with van der Waals surface area (Å²) in [4.78, 5) is 0. The molecule has 0 aromatic heterocycles. The van der Waals surface area contributed by atoms with E-state index in [2.05, 4.69) is 82.1 Å². The monoisotopic (exact) mass is 354 g/mol. The molecule has 1 aromatic rings. The summed E-state index contributed by atoms with van der Waals surface area (Å²) in [6.45, 7) is 14.1. The molecule has 0 aliphatic carbocycles. The second-order valence-corrected chi connectivity index (χ2v) is 17.6. The third-order valence-corrected chi connectivity index (χ3v) is 12.3. The lowest BCUT2D eigenvalue weighted by molar-refractivity contribution is 0.524. The molecular formula is C18H34OSSi2. The van der Waals surface area contributed by atoms with Crippen molar-refractivity contribution in [2.24, 2.45) is 0 Å². The van der Waals surface area contributed by atoms with E-state index in [1.165, 1.54) is 35.6 Å². The van der Waals surface area contributed by atoms with Gasteiger partial charge in [-0.15, -0.1) is 0 Å². The van der Waals surface area contributed by atoms with Crippen LogP contribution in [-0.2, 0) is 4.12 Å². The Kier molecular flexibility index (Phi) is 8.46. The molecule has 0 heterocycles. The maximum absolute atomic E-state index is 6.79. The quantitative estimate of drug-likeness (QED) is 0.357. The maximum atomic E-state index is 6.79. The number of hydrogen-bond acceptors (Lipinski definition) is 2. The predicted molar refractivity (Wildman–Crippen MR) is 108 cm³/mol. The van der Waals surface area contributed by atoms with E-state index in [9.17, 15) is 0 Å². The van der Waals surface area contributed by atoms with Crippen molar-refractivity contribution in [2.45, 2.75) is 64.5 Å². The van der Waals surface area contributed by atoms with Crippen molar-refractivity contribution in [3.63, 3.8) is 0 Å². The smallest absolute Gasteiger partial charge is 0.177 e. The average molecular weight is 355 g/mol. The molecule has 2 atom stereocenters. The number of rotatable bonds is 10. The molecule has 1 aromatic carbocycles. The van der Waals surface area contributed by atoms with Crippen molar-refractivity contribution in [3.05, 3.63) is 35.9 Å². The van der Waals surface area contributed by atoms with E-state index in [1.807, 2.05) is 0 Å². The first-order chi connectivity index (χ1) is 10.3. The van der Waals surface area contributed by atoms with Gasteiger partial charge < -0.3 is 4.12 Å². The van der Waals surface area contributed by atoms with Crippen LogP contribution in [0.3, 0.4) is 0 Å². The highest BCUT2D eigenvalue weighted by Gasteiger charge is 2.36. The molecule has 0 saturated carbocycles. The molecule has 0 bridgehead atoms. The molecule has 1 rings (SSSR count). The summed E-state index contributed by atoms with van der Waals surface area (Å²) in [6.07, 6.45) is 1.21. The highest BCUT2D eigenvalue weighted by atomic mass is 32.2. The molecule has 0 aliphatic rings. The van der Waals surface area contributed by atoms with Gasteiger partial charge in [0, 0.05) is 0 Å². The fourth-order valence-electron chi connectivity index (χ4n) is 3.11. The van der Waals surface area contributed by atoms with Gasteiger partial charge in [-0.2, -0.15) is 11.8 Å². The summed E-state index contributed by atoms with van der Waals surface area (Å²) in [5.41, 5.74) is 1.49. The second-order valence-electron chi connectivity index (χ2n) is 7.33. The van der Waals surface area contributed by atoms with E-state index in [0.29, 0.717) is 5.92 Å². The SMILES string of the molecule is CCSCC[Si](C)(CC(CC)c1ccccc1)O[Si](C)(C)C. The second kappa shape index (κ2) is 9.31. The van der Waals surface area contributed by atoms with E-state index >= 15 is 0 Å². The van der Waals surface area contributed by atoms with E-state index in [4.69, 9.17) is 4.12 Å². The summed E-state index contributed by atoms with van der Waals surface area (Å²) in [5, 5.41) is 0. The van der Waals surface area contributed by atoms with Gasteiger partial charge in [-0.3, -0.25) is 0 Å². The number of thioether (sulfide) groups is 1. The minimum atomic E-state index is -1.65. The van der Waals surface area contributed by atoms with Gasteiger partial charge in [0.25, 0.3) is 0 Å². The lowest BCUT2D eigenvalue weighted by Crippen LogP contribution is -2.46. The lowest BCUT2D eigenvalue weighted by atomic mass is 9.99. The Hall–Kier alpha value is -0.0362. The zero-order chi connectivity index (χ0) is 16.6. The summed E-state index contributed by atoms with van der Waals surface area (Å²) >= 11 is 2.06. The fraction of sp³-hybridized carbons (Fsp3) is 0.667. The molecule has 0 aliphatic heterocycles. The number of hydrogen-bond donors (Lipinski definition) is 0. The van der Waals surface area contributed by atoms with Gasteiger partial charge in [-0.05, 0) is 67.7 Å². The van der Waals surface area contributed by atoms with Crippen LogP contribution in [0.5, 0.6) is 0 Å². The molecule has 0 spiro atoms. The summed E-state index contributed by atoms with van der Waals surface area (Å²) in [5.74, 6) is 3.13. The van der Waals surface area contributed by atoms with Crippen molar-refractivity contribution in [2.75, 3.05) is 11.5 Å². The highest BCUT2D eigenvalue weighted by Crippen LogP contribution is 2.34. The first kappa shape index (κ1) is 20.0. The van der Waals surface area contributed by atoms with Crippen molar-refractivity contribution < 1.29 is 4.12 Å². The Bertz CT molecular complexity index is 419. The van der Waals surface area contributed by atoms with E-state index < -0.39 is 16.6 Å². The predicted octanol–water partition coefficient (Wildman–Crippen LogP) is 6.36. The van der Waals surface area contributed by atoms with E-state index in [-0.39, 0.29) is 0 Å². The topological polar surface area (TPSA) is 9.23 Å². The zero-order valence-corrected chi connectivity index (χ0v) is 18.1. The van der Waals surface area contributed by atoms with Gasteiger partial charge in [0.1, 0.15) is 0 Å². The molecule has 0 radical (unpaired) electrons. The first-order valence-corrected chi connectivity index (χ1v) is 16.0. The zero-order valence-electron chi connectivity index (χ0n) is 15.3. The Morgan fingerprint density at radius 1 is 1.05 bits per heavy atom. The van der Waals surface area contributed by atoms with Gasteiger partial charge in [0.15, 0.2) is 16.6 Å². The largest absolute Gasteiger partial charge is 0.455 e. The number of benzene rings is 1. The maximum Gasteiger partial charge on any atom is 0.177 e. The Balaban J connectivity index is 2.85. The Labute approximate surface area is 144 Å². The van der Waals surface area contributed by atoms with Gasteiger partial charge in [0.2, 0.25) is 0 Å². The molecule has 4 heteroatoms. The van der Waals surface area contributed by atoms with Crippen LogP contribution in [0.4, 0.5) is 0 Å². The van der Waals surface area contributed by atoms with Gasteiger partial charge >= 0.3 is 0 Å². The van der Waals surface area contributed by atoms with Crippen LogP contribution in [0.1, 0.15) is 31.7 Å². The van der Waals surface area contributed by atoms with Crippen molar-refractivity contribution in [3.8, 4) is 0 Å². The van der Waals surface area contributed by atoms with Crippen LogP contribution in [0, 0.1) is 0 Å². The Morgan fingerprint density at radius 2 is 1.68 bits per heavy atom. The van der Waals surface area contributed by atoms with Gasteiger partial charge in [-0.25, -0.2) is 0 Å². The third-order valence-electron chi connectivity index (χ3n) is 3.97. The van der Waals surface area contributed by atoms with Crippen LogP contribution in [-0.4, -0.2) is 28.1 Å². The molecule has 0 saturated heterocycles. The highest BCUT2D eigenvalue weighted by molar-refractivity contribution is 7.99. The molecule has 126 valence electrons. The molecule has 0 N–H and O–H groups in total. The van der Waals surface area contributed by atoms with Crippen LogP contribution >= 0.6 is 11.8 Å². The molecular weight excluding hydrogens is 320 g/mol. The molecule has 1 nitrogen and oxygen atoms in total. The average Bonchev–Trinajstić information content (AvgIpc) is 2.44. The summed E-state index contributed by atoms with van der Waals surface area (Å²) < 4.78 is 6.79. The fourth-order valence-corrected chi connectivity index (χ4v) is 14.1. The van der Waals surface area contributed by atoms with Gasteiger partial charge in [-0.1, -0.05) is 44.2 Å². The van der Waals surface area contributed by atoms with Crippen molar-refractivity contribution in [1.82, 2.24) is 0 Å². The van der Waals surface area contributed by atoms with Crippen LogP contribution in [0.2, 0.25) is 38.3 Å². The minimum absolute atomic E-state index is 0.654. The lowest BCUT2D eigenvalue weighted by Gasteiger charge is -2.37. The molecule has 0 amide bonds. The standard InChI is InChI=1S/C18H34OSSi2/c1-7-17(18-12-10-9-11-13-18)16-22(6,15-14-20-8-2)19-21(3,4)5/h9-13,17H,7-8,14-16H2,1-6H3. The Morgan fingerprint density at radius 3 is 2.18 bits per heavy atom. The van der Waals surface area contributed by atoms with E-state index in [0.717, 1.165) is 0 Å². The minimum Gasteiger partial charge on any atom is -0.455 e. The van der Waals surface area contributed by atoms with Crippen molar-refractivity contribution >= 4 is 28.4 Å². The molecule has 22 heavy (non-hydrogen) atoms. The van der Waals surface area contributed by atoms with E-state index in [1.54, 1.807) is 0 Å². The van der Waals surface area contributed by atoms with Crippen LogP contribution in [0.15, 0.2) is 30.3 Å². The van der Waals surface area contributed by atoms with Crippen LogP contribution in [0.25, 0.3) is 0 Å². The molecule has 2 unspecified atom stereocenters. The van der Waals surface area contributed by atoms with Crippen molar-refractivity contribution in [1.29, 1.82) is 0 Å². The summed E-state index contributed by atoms with van der Waals surface area (Å²) in [6, 6.07) is 13.6. The first-order valence-electron chi connectivity index (χ1n) is 8.62. The normalized spacial score (nSPS) is 16.3. The van der Waals surface area contributed by atoms with Gasteiger partial charge in [0.05, 0.1) is 0 Å². The molecule has 0 fully saturated rings. The van der Waals surface area contributed by atoms with Crippen LogP contribution < -0.4 is 0 Å².